The Morgan fingerprint density at radius 3 is 3.00 bits per heavy atom. The molecule has 0 aromatic carbocycles. The first-order valence-electron chi connectivity index (χ1n) is 8.62. The predicted octanol–water partition coefficient (Wildman–Crippen LogP) is 1.45. The van der Waals surface area contributed by atoms with Crippen molar-refractivity contribution >= 4 is 17.2 Å². The molecule has 2 aliphatic rings. The van der Waals surface area contributed by atoms with Gasteiger partial charge in [-0.25, -0.2) is 0 Å². The number of rotatable bonds is 6. The van der Waals surface area contributed by atoms with Gasteiger partial charge in [0.1, 0.15) is 0 Å². The van der Waals surface area contributed by atoms with Crippen molar-refractivity contribution in [3.05, 3.63) is 22.4 Å². The van der Waals surface area contributed by atoms with Crippen LogP contribution in [-0.4, -0.2) is 56.2 Å². The summed E-state index contributed by atoms with van der Waals surface area (Å²) >= 11 is 1.83. The van der Waals surface area contributed by atoms with Crippen molar-refractivity contribution in [2.45, 2.75) is 31.8 Å². The van der Waals surface area contributed by atoms with E-state index in [9.17, 15) is 4.79 Å². The molecule has 1 aromatic rings. The van der Waals surface area contributed by atoms with Gasteiger partial charge in [-0.05, 0) is 43.3 Å². The number of thiophene rings is 1. The summed E-state index contributed by atoms with van der Waals surface area (Å²) in [4.78, 5) is 16.0. The smallest absolute Gasteiger partial charge is 0.221 e. The summed E-state index contributed by atoms with van der Waals surface area (Å²) in [5.74, 6) is 0.767. The Labute approximate surface area is 142 Å². The number of morpholine rings is 1. The van der Waals surface area contributed by atoms with Crippen LogP contribution in [0.5, 0.6) is 0 Å². The third kappa shape index (κ3) is 5.57. The molecule has 5 nitrogen and oxygen atoms in total. The summed E-state index contributed by atoms with van der Waals surface area (Å²) in [6.45, 7) is 6.41. The van der Waals surface area contributed by atoms with Crippen molar-refractivity contribution in [1.29, 1.82) is 0 Å². The van der Waals surface area contributed by atoms with E-state index >= 15 is 0 Å². The number of nitrogens with zero attached hydrogens (tertiary/aromatic N) is 1. The number of piperidine rings is 1. The zero-order chi connectivity index (χ0) is 15.9. The fraction of sp³-hybridized carbons (Fsp3) is 0.706. The average molecular weight is 337 g/mol. The zero-order valence-electron chi connectivity index (χ0n) is 13.6. The number of hydrogen-bond donors (Lipinski definition) is 2. The Hall–Kier alpha value is -0.950. The maximum Gasteiger partial charge on any atom is 0.221 e. The summed E-state index contributed by atoms with van der Waals surface area (Å²) in [6.07, 6.45) is 2.88. The van der Waals surface area contributed by atoms with Crippen LogP contribution in [0.25, 0.3) is 0 Å². The number of amides is 1. The molecule has 1 atom stereocenters. The molecule has 2 saturated heterocycles. The van der Waals surface area contributed by atoms with Crippen LogP contribution in [0.1, 0.15) is 24.1 Å². The number of carbonyl (C=O) groups excluding carboxylic acids is 1. The van der Waals surface area contributed by atoms with Gasteiger partial charge in [-0.15, -0.1) is 11.3 Å². The van der Waals surface area contributed by atoms with Crippen molar-refractivity contribution in [3.8, 4) is 0 Å². The number of nitrogens with one attached hydrogen (secondary N) is 2. The van der Waals surface area contributed by atoms with Gasteiger partial charge in [0.15, 0.2) is 0 Å². The molecule has 0 saturated carbocycles. The van der Waals surface area contributed by atoms with Crippen LogP contribution in [0.2, 0.25) is 0 Å². The SMILES string of the molecule is O=C(CC1COCCN1)NCC1CCN(Cc2cccs2)CC1. The van der Waals surface area contributed by atoms with Gasteiger partial charge in [0.25, 0.3) is 0 Å². The molecule has 0 bridgehead atoms. The lowest BCUT2D eigenvalue weighted by atomic mass is 9.96. The van der Waals surface area contributed by atoms with Gasteiger partial charge in [0, 0.05) is 37.0 Å². The zero-order valence-corrected chi connectivity index (χ0v) is 14.4. The summed E-state index contributed by atoms with van der Waals surface area (Å²) in [7, 11) is 0. The second-order valence-corrected chi connectivity index (χ2v) is 7.57. The van der Waals surface area contributed by atoms with Crippen molar-refractivity contribution in [3.63, 3.8) is 0 Å². The number of carbonyl (C=O) groups is 1. The Bertz CT molecular complexity index is 466. The summed E-state index contributed by atoms with van der Waals surface area (Å²) in [6, 6.07) is 4.51. The Morgan fingerprint density at radius 1 is 1.43 bits per heavy atom. The van der Waals surface area contributed by atoms with Gasteiger partial charge >= 0.3 is 0 Å². The van der Waals surface area contributed by atoms with Crippen LogP contribution in [0.4, 0.5) is 0 Å². The molecule has 6 heteroatoms. The van der Waals surface area contributed by atoms with Gasteiger partial charge < -0.3 is 15.4 Å². The van der Waals surface area contributed by atoms with Crippen LogP contribution in [-0.2, 0) is 16.1 Å². The van der Waals surface area contributed by atoms with Crippen molar-refractivity contribution < 1.29 is 9.53 Å². The molecular formula is C17H27N3O2S. The normalized spacial score (nSPS) is 23.7. The van der Waals surface area contributed by atoms with Crippen LogP contribution in [0.15, 0.2) is 17.5 Å². The highest BCUT2D eigenvalue weighted by Gasteiger charge is 2.21. The minimum atomic E-state index is 0.147. The first-order chi connectivity index (χ1) is 11.3. The fourth-order valence-electron chi connectivity index (χ4n) is 3.28. The second-order valence-electron chi connectivity index (χ2n) is 6.53. The highest BCUT2D eigenvalue weighted by Crippen LogP contribution is 2.20. The summed E-state index contributed by atoms with van der Waals surface area (Å²) in [5.41, 5.74) is 0. The van der Waals surface area contributed by atoms with E-state index in [0.717, 1.165) is 39.3 Å². The van der Waals surface area contributed by atoms with Crippen LogP contribution < -0.4 is 10.6 Å². The maximum atomic E-state index is 12.0. The topological polar surface area (TPSA) is 53.6 Å². The lowest BCUT2D eigenvalue weighted by Crippen LogP contribution is -2.45. The minimum Gasteiger partial charge on any atom is -0.378 e. The van der Waals surface area contributed by atoms with Gasteiger partial charge in [-0.3, -0.25) is 9.69 Å². The van der Waals surface area contributed by atoms with E-state index in [1.54, 1.807) is 0 Å². The van der Waals surface area contributed by atoms with E-state index in [4.69, 9.17) is 4.74 Å². The molecule has 23 heavy (non-hydrogen) atoms. The molecular weight excluding hydrogens is 310 g/mol. The van der Waals surface area contributed by atoms with E-state index in [-0.39, 0.29) is 11.9 Å². The number of likely N-dealkylation sites (tertiary alicyclic amines) is 1. The molecule has 128 valence electrons. The van der Waals surface area contributed by atoms with Crippen LogP contribution >= 0.6 is 11.3 Å². The Morgan fingerprint density at radius 2 is 2.30 bits per heavy atom. The predicted molar refractivity (Wildman–Crippen MR) is 92.6 cm³/mol. The summed E-state index contributed by atoms with van der Waals surface area (Å²) < 4.78 is 5.39. The van der Waals surface area contributed by atoms with E-state index in [1.807, 2.05) is 11.3 Å². The molecule has 0 spiro atoms. The van der Waals surface area contributed by atoms with E-state index in [1.165, 1.54) is 17.7 Å². The molecule has 1 aromatic heterocycles. The molecule has 0 radical (unpaired) electrons. The third-order valence-electron chi connectivity index (χ3n) is 4.68. The van der Waals surface area contributed by atoms with Crippen molar-refractivity contribution in [1.82, 2.24) is 15.5 Å². The molecule has 3 heterocycles. The van der Waals surface area contributed by atoms with E-state index in [2.05, 4.69) is 33.0 Å². The first-order valence-corrected chi connectivity index (χ1v) is 9.50. The lowest BCUT2D eigenvalue weighted by molar-refractivity contribution is -0.122. The van der Waals surface area contributed by atoms with Crippen LogP contribution in [0.3, 0.4) is 0 Å². The highest BCUT2D eigenvalue weighted by molar-refractivity contribution is 7.09. The lowest BCUT2D eigenvalue weighted by Gasteiger charge is -2.31. The Balaban J connectivity index is 1.30. The maximum absolute atomic E-state index is 12.0. The number of ether oxygens (including phenoxy) is 1. The molecule has 3 rings (SSSR count). The molecule has 2 aliphatic heterocycles. The van der Waals surface area contributed by atoms with Crippen molar-refractivity contribution in [2.24, 2.45) is 5.92 Å². The monoisotopic (exact) mass is 337 g/mol. The second kappa shape index (κ2) is 8.78. The van der Waals surface area contributed by atoms with Crippen LogP contribution in [0, 0.1) is 5.92 Å². The molecule has 1 unspecified atom stereocenters. The van der Waals surface area contributed by atoms with Gasteiger partial charge in [-0.1, -0.05) is 6.07 Å². The van der Waals surface area contributed by atoms with Gasteiger partial charge in [0.05, 0.1) is 13.2 Å². The standard InChI is InChI=1S/C17H27N3O2S/c21-17(10-15-13-22-8-5-18-15)19-11-14-3-6-20(7-4-14)12-16-2-1-9-23-16/h1-2,9,14-15,18H,3-8,10-13H2,(H,19,21). The molecule has 2 fully saturated rings. The largest absolute Gasteiger partial charge is 0.378 e. The minimum absolute atomic E-state index is 0.147. The van der Waals surface area contributed by atoms with Crippen molar-refractivity contribution in [2.75, 3.05) is 39.4 Å². The van der Waals surface area contributed by atoms with Gasteiger partial charge in [-0.2, -0.15) is 0 Å². The Kier molecular flexibility index (Phi) is 6.45. The quantitative estimate of drug-likeness (QED) is 0.825. The number of hydrogen-bond acceptors (Lipinski definition) is 5. The van der Waals surface area contributed by atoms with Gasteiger partial charge in [0.2, 0.25) is 5.91 Å². The summed E-state index contributed by atoms with van der Waals surface area (Å²) in [5, 5.41) is 8.57. The van der Waals surface area contributed by atoms with E-state index < -0.39 is 0 Å². The molecule has 0 aliphatic carbocycles. The first kappa shape index (κ1) is 16.9. The van der Waals surface area contributed by atoms with E-state index in [0.29, 0.717) is 18.9 Å². The highest BCUT2D eigenvalue weighted by atomic mass is 32.1. The average Bonchev–Trinajstić information content (AvgIpc) is 3.08. The molecule has 1 amide bonds. The molecule has 2 N–H and O–H groups in total. The fourth-order valence-corrected chi connectivity index (χ4v) is 4.02. The third-order valence-corrected chi connectivity index (χ3v) is 5.55.